The first-order chi connectivity index (χ1) is 11.6. The van der Waals surface area contributed by atoms with Crippen molar-refractivity contribution in [2.45, 2.75) is 32.1 Å². The number of para-hydroxylation sites is 1. The summed E-state index contributed by atoms with van der Waals surface area (Å²) in [4.78, 5) is 29.3. The Morgan fingerprint density at radius 1 is 1.46 bits per heavy atom. The topological polar surface area (TPSA) is 102 Å². The highest BCUT2D eigenvalue weighted by Gasteiger charge is 2.31. The molecule has 24 heavy (non-hydrogen) atoms. The van der Waals surface area contributed by atoms with Crippen LogP contribution in [0.15, 0.2) is 28.8 Å². The fraction of sp³-hybridized carbons (Fsp3) is 0.438. The first kappa shape index (κ1) is 16.1. The molecule has 1 atom stereocenters. The maximum atomic E-state index is 12.7. The molecule has 2 aromatic rings. The summed E-state index contributed by atoms with van der Waals surface area (Å²) in [6.07, 6.45) is 2.33. The van der Waals surface area contributed by atoms with Crippen LogP contribution in [0.4, 0.5) is 5.69 Å². The summed E-state index contributed by atoms with van der Waals surface area (Å²) in [6.45, 7) is 2.94. The molecule has 0 N–H and O–H groups in total. The predicted molar refractivity (Wildman–Crippen MR) is 84.7 cm³/mol. The van der Waals surface area contributed by atoms with Crippen molar-refractivity contribution in [3.63, 3.8) is 0 Å². The standard InChI is InChI=1S/C16H18N4O4/c1-2-14-17-15(18-24-14)11-6-5-9-19(10-11)16(21)12-7-3-4-8-13(12)20(22)23/h3-4,7-8,11H,2,5-6,9-10H2,1H3/t11-/m1/s1. The number of amides is 1. The molecule has 1 amide bonds. The molecule has 1 fully saturated rings. The van der Waals surface area contributed by atoms with Crippen LogP contribution < -0.4 is 0 Å². The van der Waals surface area contributed by atoms with Gasteiger partial charge in [0.1, 0.15) is 5.56 Å². The molecule has 1 aromatic heterocycles. The van der Waals surface area contributed by atoms with Crippen molar-refractivity contribution in [3.05, 3.63) is 51.7 Å². The van der Waals surface area contributed by atoms with Crippen molar-refractivity contribution in [1.29, 1.82) is 0 Å². The van der Waals surface area contributed by atoms with E-state index in [1.54, 1.807) is 17.0 Å². The summed E-state index contributed by atoms with van der Waals surface area (Å²) in [7, 11) is 0. The van der Waals surface area contributed by atoms with E-state index in [1.165, 1.54) is 12.1 Å². The second-order valence-corrected chi connectivity index (χ2v) is 5.76. The van der Waals surface area contributed by atoms with E-state index in [4.69, 9.17) is 4.52 Å². The molecule has 1 aliphatic heterocycles. The Morgan fingerprint density at radius 2 is 2.25 bits per heavy atom. The van der Waals surface area contributed by atoms with Crippen LogP contribution in [0.3, 0.4) is 0 Å². The molecule has 3 rings (SSSR count). The molecule has 0 saturated carbocycles. The number of aryl methyl sites for hydroxylation is 1. The molecule has 8 heteroatoms. The van der Waals surface area contributed by atoms with Crippen molar-refractivity contribution in [1.82, 2.24) is 15.0 Å². The highest BCUT2D eigenvalue weighted by Crippen LogP contribution is 2.27. The number of likely N-dealkylation sites (tertiary alicyclic amines) is 1. The average molecular weight is 330 g/mol. The Labute approximate surface area is 138 Å². The lowest BCUT2D eigenvalue weighted by atomic mass is 9.96. The maximum Gasteiger partial charge on any atom is 0.282 e. The van der Waals surface area contributed by atoms with Crippen LogP contribution in [-0.4, -0.2) is 39.0 Å². The highest BCUT2D eigenvalue weighted by molar-refractivity contribution is 5.98. The number of nitrogens with zero attached hydrogens (tertiary/aromatic N) is 4. The number of piperidine rings is 1. The van der Waals surface area contributed by atoms with Gasteiger partial charge >= 0.3 is 0 Å². The van der Waals surface area contributed by atoms with Gasteiger partial charge in [0, 0.05) is 31.5 Å². The molecule has 0 radical (unpaired) electrons. The summed E-state index contributed by atoms with van der Waals surface area (Å²) in [5, 5.41) is 15.1. The van der Waals surface area contributed by atoms with Gasteiger partial charge in [-0.2, -0.15) is 4.98 Å². The van der Waals surface area contributed by atoms with Gasteiger partial charge in [-0.1, -0.05) is 24.2 Å². The molecular weight excluding hydrogens is 312 g/mol. The van der Waals surface area contributed by atoms with Crippen molar-refractivity contribution in [2.75, 3.05) is 13.1 Å². The number of benzene rings is 1. The first-order valence-electron chi connectivity index (χ1n) is 7.95. The maximum absolute atomic E-state index is 12.7. The summed E-state index contributed by atoms with van der Waals surface area (Å²) >= 11 is 0. The van der Waals surface area contributed by atoms with E-state index in [0.717, 1.165) is 12.8 Å². The van der Waals surface area contributed by atoms with Gasteiger partial charge < -0.3 is 9.42 Å². The largest absolute Gasteiger partial charge is 0.339 e. The van der Waals surface area contributed by atoms with Crippen molar-refractivity contribution in [3.8, 4) is 0 Å². The van der Waals surface area contributed by atoms with E-state index < -0.39 is 4.92 Å². The third kappa shape index (κ3) is 3.12. The zero-order valence-electron chi connectivity index (χ0n) is 13.3. The number of nitro groups is 1. The van der Waals surface area contributed by atoms with Crippen LogP contribution in [0, 0.1) is 10.1 Å². The van der Waals surface area contributed by atoms with Crippen LogP contribution in [0.1, 0.15) is 47.8 Å². The Hall–Kier alpha value is -2.77. The zero-order valence-corrected chi connectivity index (χ0v) is 13.3. The van der Waals surface area contributed by atoms with Gasteiger partial charge in [0.2, 0.25) is 5.89 Å². The van der Waals surface area contributed by atoms with E-state index in [1.807, 2.05) is 6.92 Å². The normalized spacial score (nSPS) is 17.7. The highest BCUT2D eigenvalue weighted by atomic mass is 16.6. The van der Waals surface area contributed by atoms with E-state index in [0.29, 0.717) is 31.2 Å². The van der Waals surface area contributed by atoms with E-state index in [-0.39, 0.29) is 23.1 Å². The minimum atomic E-state index is -0.526. The van der Waals surface area contributed by atoms with Crippen molar-refractivity contribution >= 4 is 11.6 Å². The summed E-state index contributed by atoms with van der Waals surface area (Å²) in [6, 6.07) is 6.03. The number of nitro benzene ring substituents is 1. The number of carbonyl (C=O) groups excluding carboxylic acids is 1. The second-order valence-electron chi connectivity index (χ2n) is 5.76. The van der Waals surface area contributed by atoms with Crippen LogP contribution in [0.25, 0.3) is 0 Å². The Balaban J connectivity index is 1.79. The van der Waals surface area contributed by atoms with E-state index >= 15 is 0 Å². The van der Waals surface area contributed by atoms with Gasteiger partial charge in [-0.3, -0.25) is 14.9 Å². The molecule has 0 bridgehead atoms. The molecule has 0 aliphatic carbocycles. The van der Waals surface area contributed by atoms with Crippen molar-refractivity contribution < 1.29 is 14.2 Å². The van der Waals surface area contributed by atoms with Crippen LogP contribution in [0.2, 0.25) is 0 Å². The molecular formula is C16H18N4O4. The first-order valence-corrected chi connectivity index (χ1v) is 7.95. The lowest BCUT2D eigenvalue weighted by molar-refractivity contribution is -0.385. The van der Waals surface area contributed by atoms with Crippen LogP contribution in [-0.2, 0) is 6.42 Å². The van der Waals surface area contributed by atoms with Crippen LogP contribution in [0.5, 0.6) is 0 Å². The minimum Gasteiger partial charge on any atom is -0.339 e. The summed E-state index contributed by atoms with van der Waals surface area (Å²) < 4.78 is 5.14. The molecule has 0 unspecified atom stereocenters. The van der Waals surface area contributed by atoms with Gasteiger partial charge in [0.05, 0.1) is 4.92 Å². The van der Waals surface area contributed by atoms with Gasteiger partial charge in [0.15, 0.2) is 5.82 Å². The van der Waals surface area contributed by atoms with Gasteiger partial charge in [0.25, 0.3) is 11.6 Å². The lowest BCUT2D eigenvalue weighted by Crippen LogP contribution is -2.39. The van der Waals surface area contributed by atoms with Crippen LogP contribution >= 0.6 is 0 Å². The Kier molecular flexibility index (Phi) is 4.54. The smallest absolute Gasteiger partial charge is 0.282 e. The molecule has 1 aliphatic rings. The third-order valence-electron chi connectivity index (χ3n) is 4.19. The summed E-state index contributed by atoms with van der Waals surface area (Å²) in [5.74, 6) is 0.847. The lowest BCUT2D eigenvalue weighted by Gasteiger charge is -2.31. The third-order valence-corrected chi connectivity index (χ3v) is 4.19. The number of carbonyl (C=O) groups is 1. The fourth-order valence-corrected chi connectivity index (χ4v) is 2.93. The van der Waals surface area contributed by atoms with Gasteiger partial charge in [-0.05, 0) is 18.9 Å². The molecule has 1 aromatic carbocycles. The number of rotatable bonds is 4. The van der Waals surface area contributed by atoms with E-state index in [2.05, 4.69) is 10.1 Å². The SMILES string of the molecule is CCc1nc([C@@H]2CCCN(C(=O)c3ccccc3[N+](=O)[O-])C2)no1. The molecule has 1 saturated heterocycles. The molecule has 126 valence electrons. The fourth-order valence-electron chi connectivity index (χ4n) is 2.93. The molecule has 0 spiro atoms. The minimum absolute atomic E-state index is 0.00508. The number of aromatic nitrogens is 2. The number of hydrogen-bond acceptors (Lipinski definition) is 6. The molecule has 8 nitrogen and oxygen atoms in total. The quantitative estimate of drug-likeness (QED) is 0.630. The molecule has 2 heterocycles. The summed E-state index contributed by atoms with van der Waals surface area (Å²) in [5.41, 5.74) is -0.0528. The predicted octanol–water partition coefficient (Wildman–Crippen LogP) is 2.56. The van der Waals surface area contributed by atoms with Gasteiger partial charge in [-0.15, -0.1) is 0 Å². The Morgan fingerprint density at radius 3 is 2.96 bits per heavy atom. The van der Waals surface area contributed by atoms with Gasteiger partial charge in [-0.25, -0.2) is 0 Å². The zero-order chi connectivity index (χ0) is 17.1. The Bertz CT molecular complexity index is 758. The number of hydrogen-bond donors (Lipinski definition) is 0. The average Bonchev–Trinajstić information content (AvgIpc) is 3.10. The second kappa shape index (κ2) is 6.77. The monoisotopic (exact) mass is 330 g/mol. The van der Waals surface area contributed by atoms with Crippen molar-refractivity contribution in [2.24, 2.45) is 0 Å². The van der Waals surface area contributed by atoms with E-state index in [9.17, 15) is 14.9 Å².